The van der Waals surface area contributed by atoms with E-state index in [1.807, 2.05) is 30.3 Å². The smallest absolute Gasteiger partial charge is 0.310 e. The van der Waals surface area contributed by atoms with Gasteiger partial charge in [-0.25, -0.2) is 0 Å². The third-order valence-electron chi connectivity index (χ3n) is 3.17. The molecule has 21 heavy (non-hydrogen) atoms. The Morgan fingerprint density at radius 3 is 2.38 bits per heavy atom. The van der Waals surface area contributed by atoms with Gasteiger partial charge in [0.15, 0.2) is 0 Å². The molecule has 1 aromatic carbocycles. The van der Waals surface area contributed by atoms with Gasteiger partial charge in [-0.1, -0.05) is 37.3 Å². The van der Waals surface area contributed by atoms with Crippen molar-refractivity contribution in [1.82, 2.24) is 10.2 Å². The zero-order chi connectivity index (χ0) is 15.8. The molecule has 0 bridgehead atoms. The van der Waals surface area contributed by atoms with Gasteiger partial charge < -0.3 is 15.0 Å². The monoisotopic (exact) mass is 292 g/mol. The SMILES string of the molecule is CC(CNC(C)C(=O)N(C)C)C(=O)OCc1ccccc1. The predicted octanol–water partition coefficient (Wildman–Crippen LogP) is 1.43. The molecule has 0 aliphatic heterocycles. The van der Waals surface area contributed by atoms with E-state index in [1.165, 1.54) is 4.90 Å². The van der Waals surface area contributed by atoms with Crippen molar-refractivity contribution in [2.75, 3.05) is 20.6 Å². The minimum atomic E-state index is -0.315. The summed E-state index contributed by atoms with van der Waals surface area (Å²) in [7, 11) is 3.41. The fraction of sp³-hybridized carbons (Fsp3) is 0.500. The van der Waals surface area contributed by atoms with Crippen LogP contribution in [0.5, 0.6) is 0 Å². The Morgan fingerprint density at radius 2 is 1.81 bits per heavy atom. The van der Waals surface area contributed by atoms with Gasteiger partial charge in [-0.05, 0) is 12.5 Å². The van der Waals surface area contributed by atoms with Gasteiger partial charge in [0.1, 0.15) is 6.61 Å². The van der Waals surface area contributed by atoms with E-state index in [1.54, 1.807) is 27.9 Å². The average molecular weight is 292 g/mol. The topological polar surface area (TPSA) is 58.6 Å². The first-order chi connectivity index (χ1) is 9.91. The van der Waals surface area contributed by atoms with Gasteiger partial charge in [0.25, 0.3) is 0 Å². The number of hydrogen-bond acceptors (Lipinski definition) is 4. The van der Waals surface area contributed by atoms with Crippen LogP contribution in [0.25, 0.3) is 0 Å². The van der Waals surface area contributed by atoms with E-state index in [0.29, 0.717) is 6.54 Å². The highest BCUT2D eigenvalue weighted by Gasteiger charge is 2.19. The molecule has 1 amide bonds. The summed E-state index contributed by atoms with van der Waals surface area (Å²) in [6.45, 7) is 4.25. The summed E-state index contributed by atoms with van der Waals surface area (Å²) in [5, 5.41) is 3.05. The van der Waals surface area contributed by atoms with Gasteiger partial charge >= 0.3 is 5.97 Å². The van der Waals surface area contributed by atoms with Crippen LogP contribution in [0.15, 0.2) is 30.3 Å². The van der Waals surface area contributed by atoms with E-state index in [2.05, 4.69) is 5.32 Å². The van der Waals surface area contributed by atoms with Crippen LogP contribution in [-0.2, 0) is 20.9 Å². The van der Waals surface area contributed by atoms with E-state index in [9.17, 15) is 9.59 Å². The lowest BCUT2D eigenvalue weighted by atomic mass is 10.1. The Bertz CT molecular complexity index is 460. The van der Waals surface area contributed by atoms with Crippen molar-refractivity contribution in [2.45, 2.75) is 26.5 Å². The van der Waals surface area contributed by atoms with Gasteiger partial charge in [0.2, 0.25) is 5.91 Å². The van der Waals surface area contributed by atoms with Gasteiger partial charge in [-0.15, -0.1) is 0 Å². The first-order valence-electron chi connectivity index (χ1n) is 7.07. The Morgan fingerprint density at radius 1 is 1.19 bits per heavy atom. The van der Waals surface area contributed by atoms with E-state index < -0.39 is 0 Å². The number of benzene rings is 1. The van der Waals surface area contributed by atoms with Crippen molar-refractivity contribution < 1.29 is 14.3 Å². The maximum absolute atomic E-state index is 11.9. The van der Waals surface area contributed by atoms with Crippen LogP contribution in [0.2, 0.25) is 0 Å². The molecule has 0 aliphatic carbocycles. The summed E-state index contributed by atoms with van der Waals surface area (Å²) in [6.07, 6.45) is 0. The molecule has 2 unspecified atom stereocenters. The summed E-state index contributed by atoms with van der Waals surface area (Å²) in [6, 6.07) is 9.23. The lowest BCUT2D eigenvalue weighted by Crippen LogP contribution is -2.43. The zero-order valence-corrected chi connectivity index (χ0v) is 13.1. The number of ether oxygens (including phenoxy) is 1. The summed E-state index contributed by atoms with van der Waals surface area (Å²) in [5.74, 6) is -0.582. The first-order valence-corrected chi connectivity index (χ1v) is 7.07. The van der Waals surface area contributed by atoms with Crippen LogP contribution >= 0.6 is 0 Å². The molecule has 5 heteroatoms. The number of esters is 1. The van der Waals surface area contributed by atoms with Crippen molar-refractivity contribution in [1.29, 1.82) is 0 Å². The molecule has 0 spiro atoms. The molecule has 2 atom stereocenters. The number of likely N-dealkylation sites (N-methyl/N-ethyl adjacent to an activating group) is 1. The van der Waals surface area contributed by atoms with Crippen molar-refractivity contribution in [3.63, 3.8) is 0 Å². The minimum absolute atomic E-state index is 0.0140. The molecule has 0 saturated heterocycles. The van der Waals surface area contributed by atoms with Gasteiger partial charge in [-0.2, -0.15) is 0 Å². The van der Waals surface area contributed by atoms with Crippen molar-refractivity contribution in [3.8, 4) is 0 Å². The number of rotatable bonds is 7. The number of amides is 1. The fourth-order valence-corrected chi connectivity index (χ4v) is 1.78. The minimum Gasteiger partial charge on any atom is -0.461 e. The maximum Gasteiger partial charge on any atom is 0.310 e. The molecular weight excluding hydrogens is 268 g/mol. The second kappa shape index (κ2) is 8.42. The molecule has 1 rings (SSSR count). The number of carbonyl (C=O) groups is 2. The number of hydrogen-bond donors (Lipinski definition) is 1. The molecule has 5 nitrogen and oxygen atoms in total. The highest BCUT2D eigenvalue weighted by Crippen LogP contribution is 2.04. The average Bonchev–Trinajstić information content (AvgIpc) is 2.49. The largest absolute Gasteiger partial charge is 0.461 e. The lowest BCUT2D eigenvalue weighted by Gasteiger charge is -2.19. The number of carbonyl (C=O) groups excluding carboxylic acids is 2. The Kier molecular flexibility index (Phi) is 6.88. The number of nitrogens with one attached hydrogen (secondary N) is 1. The molecule has 0 saturated carbocycles. The van der Waals surface area contributed by atoms with E-state index in [-0.39, 0.29) is 30.4 Å². The molecule has 1 aromatic rings. The molecule has 1 N–H and O–H groups in total. The Hall–Kier alpha value is -1.88. The van der Waals surface area contributed by atoms with Crippen LogP contribution < -0.4 is 5.32 Å². The zero-order valence-electron chi connectivity index (χ0n) is 13.1. The highest BCUT2D eigenvalue weighted by molar-refractivity contribution is 5.81. The van der Waals surface area contributed by atoms with Crippen LogP contribution in [0.4, 0.5) is 0 Å². The van der Waals surface area contributed by atoms with Crippen molar-refractivity contribution in [2.24, 2.45) is 5.92 Å². The summed E-state index contributed by atoms with van der Waals surface area (Å²) >= 11 is 0. The third-order valence-corrected chi connectivity index (χ3v) is 3.17. The molecule has 0 fully saturated rings. The third kappa shape index (κ3) is 5.95. The van der Waals surface area contributed by atoms with Crippen LogP contribution in [0.3, 0.4) is 0 Å². The van der Waals surface area contributed by atoms with Crippen molar-refractivity contribution >= 4 is 11.9 Å². The summed E-state index contributed by atoms with van der Waals surface area (Å²) in [4.78, 5) is 25.1. The van der Waals surface area contributed by atoms with Gasteiger partial charge in [0.05, 0.1) is 12.0 Å². The molecule has 0 aromatic heterocycles. The van der Waals surface area contributed by atoms with Gasteiger partial charge in [-0.3, -0.25) is 9.59 Å². The van der Waals surface area contributed by atoms with E-state index in [0.717, 1.165) is 5.56 Å². The van der Waals surface area contributed by atoms with Crippen molar-refractivity contribution in [3.05, 3.63) is 35.9 Å². The molecule has 116 valence electrons. The second-order valence-electron chi connectivity index (χ2n) is 5.36. The lowest BCUT2D eigenvalue weighted by molar-refractivity contribution is -0.149. The highest BCUT2D eigenvalue weighted by atomic mass is 16.5. The number of nitrogens with zero attached hydrogens (tertiary/aromatic N) is 1. The van der Waals surface area contributed by atoms with E-state index in [4.69, 9.17) is 4.74 Å². The predicted molar refractivity (Wildman–Crippen MR) is 81.6 cm³/mol. The second-order valence-corrected chi connectivity index (χ2v) is 5.36. The fourth-order valence-electron chi connectivity index (χ4n) is 1.78. The summed E-state index contributed by atoms with van der Waals surface area (Å²) < 4.78 is 5.26. The standard InChI is InChI=1S/C16H24N2O3/c1-12(10-17-13(2)15(19)18(3)4)16(20)21-11-14-8-6-5-7-9-14/h5-9,12-13,17H,10-11H2,1-4H3. The molecular formula is C16H24N2O3. The van der Waals surface area contributed by atoms with Gasteiger partial charge in [0, 0.05) is 20.6 Å². The Balaban J connectivity index is 2.33. The van der Waals surface area contributed by atoms with E-state index >= 15 is 0 Å². The normalized spacial score (nSPS) is 13.3. The first kappa shape index (κ1) is 17.2. The molecule has 0 aliphatic rings. The Labute approximate surface area is 126 Å². The maximum atomic E-state index is 11.9. The molecule has 0 heterocycles. The summed E-state index contributed by atoms with van der Waals surface area (Å²) in [5.41, 5.74) is 0.960. The molecule has 0 radical (unpaired) electrons. The van der Waals surface area contributed by atoms with Crippen LogP contribution in [-0.4, -0.2) is 43.5 Å². The quantitative estimate of drug-likeness (QED) is 0.772. The van der Waals surface area contributed by atoms with Crippen LogP contribution in [0, 0.1) is 5.92 Å². The van der Waals surface area contributed by atoms with Crippen LogP contribution in [0.1, 0.15) is 19.4 Å².